The fourth-order valence-corrected chi connectivity index (χ4v) is 6.12. The van der Waals surface area contributed by atoms with Crippen LogP contribution in [0.4, 0.5) is 0 Å². The Kier molecular flexibility index (Phi) is 4.74. The van der Waals surface area contributed by atoms with E-state index in [0.717, 1.165) is 42.9 Å². The summed E-state index contributed by atoms with van der Waals surface area (Å²) in [5.74, 6) is 0. The monoisotopic (exact) mass is 548 g/mol. The highest BCUT2D eigenvalue weighted by atomic mass is 79.9. The predicted octanol–water partition coefficient (Wildman–Crippen LogP) is 11.1. The van der Waals surface area contributed by atoms with E-state index in [1.54, 1.807) is 0 Å². The van der Waals surface area contributed by atoms with Crippen LogP contribution >= 0.6 is 15.9 Å². The van der Waals surface area contributed by atoms with Gasteiger partial charge in [0.25, 0.3) is 0 Å². The van der Waals surface area contributed by atoms with Crippen molar-refractivity contribution in [2.24, 2.45) is 0 Å². The summed E-state index contributed by atoms with van der Waals surface area (Å²) >= 11 is 3.61. The largest absolute Gasteiger partial charge is 0.455 e. The van der Waals surface area contributed by atoms with Crippen LogP contribution in [0.5, 0.6) is 0 Å². The Hall–Kier alpha value is -4.40. The van der Waals surface area contributed by atoms with E-state index in [1.165, 1.54) is 38.1 Å². The van der Waals surface area contributed by atoms with Gasteiger partial charge in [0.05, 0.1) is 0 Å². The first-order chi connectivity index (χ1) is 18.7. The predicted molar refractivity (Wildman–Crippen MR) is 165 cm³/mol. The van der Waals surface area contributed by atoms with Crippen LogP contribution in [0.2, 0.25) is 0 Å². The van der Waals surface area contributed by atoms with Gasteiger partial charge in [-0.1, -0.05) is 101 Å². The summed E-state index contributed by atoms with van der Waals surface area (Å²) in [5.41, 5.74) is 6.51. The van der Waals surface area contributed by atoms with Gasteiger partial charge in [-0.3, -0.25) is 0 Å². The highest BCUT2D eigenvalue weighted by Gasteiger charge is 2.17. The minimum atomic E-state index is 0.928. The minimum Gasteiger partial charge on any atom is -0.455 e. The van der Waals surface area contributed by atoms with Gasteiger partial charge in [-0.15, -0.1) is 0 Å². The van der Waals surface area contributed by atoms with Crippen molar-refractivity contribution >= 4 is 70.2 Å². The van der Waals surface area contributed by atoms with Crippen molar-refractivity contribution in [3.05, 3.63) is 132 Å². The first kappa shape index (κ1) is 21.7. The summed E-state index contributed by atoms with van der Waals surface area (Å²) < 4.78 is 7.82. The fourth-order valence-electron chi connectivity index (χ4n) is 5.74. The standard InChI is InChI=1S/C36H21BrO/c37-30-15-13-25-18-28(12-11-27(25)19-30)33-20-29(26-10-9-22-5-1-2-7-24(22)17-26)21-34-32-16-14-23-6-3-4-8-31(23)35(32)38-36(33)34/h1-21H. The lowest BCUT2D eigenvalue weighted by molar-refractivity contribution is 0.674. The number of rotatable bonds is 2. The third-order valence-corrected chi connectivity index (χ3v) is 8.15. The van der Waals surface area contributed by atoms with Crippen molar-refractivity contribution in [2.45, 2.75) is 0 Å². The molecular weight excluding hydrogens is 528 g/mol. The Bertz CT molecular complexity index is 2200. The topological polar surface area (TPSA) is 13.1 Å². The Labute approximate surface area is 228 Å². The molecule has 0 aliphatic rings. The summed E-state index contributed by atoms with van der Waals surface area (Å²) in [6.07, 6.45) is 0. The Balaban J connectivity index is 1.46. The summed E-state index contributed by atoms with van der Waals surface area (Å²) in [7, 11) is 0. The number of furan rings is 1. The van der Waals surface area contributed by atoms with Gasteiger partial charge in [-0.25, -0.2) is 0 Å². The molecule has 178 valence electrons. The molecule has 1 aromatic heterocycles. The number of benzene rings is 7. The molecule has 1 heterocycles. The van der Waals surface area contributed by atoms with Gasteiger partial charge < -0.3 is 4.42 Å². The maximum atomic E-state index is 6.74. The van der Waals surface area contributed by atoms with Gasteiger partial charge in [0.2, 0.25) is 0 Å². The van der Waals surface area contributed by atoms with E-state index >= 15 is 0 Å². The molecule has 0 saturated carbocycles. The summed E-state index contributed by atoms with van der Waals surface area (Å²) in [4.78, 5) is 0. The Morgan fingerprint density at radius 3 is 1.97 bits per heavy atom. The molecule has 0 N–H and O–H groups in total. The maximum absolute atomic E-state index is 6.74. The van der Waals surface area contributed by atoms with Gasteiger partial charge in [0.1, 0.15) is 11.2 Å². The lowest BCUT2D eigenvalue weighted by Crippen LogP contribution is -1.85. The molecule has 0 aliphatic carbocycles. The first-order valence-electron chi connectivity index (χ1n) is 12.8. The van der Waals surface area contributed by atoms with Crippen molar-refractivity contribution in [1.29, 1.82) is 0 Å². The van der Waals surface area contributed by atoms with Gasteiger partial charge in [0.15, 0.2) is 0 Å². The zero-order valence-electron chi connectivity index (χ0n) is 20.4. The van der Waals surface area contributed by atoms with Crippen LogP contribution in [0.1, 0.15) is 0 Å². The molecule has 8 rings (SSSR count). The summed E-state index contributed by atoms with van der Waals surface area (Å²) in [6, 6.07) is 45.8. The quantitative estimate of drug-likeness (QED) is 0.209. The van der Waals surface area contributed by atoms with Crippen LogP contribution in [-0.2, 0) is 0 Å². The normalized spacial score (nSPS) is 11.8. The molecular formula is C36H21BrO. The SMILES string of the molecule is Brc1ccc2cc(-c3cc(-c4ccc5ccccc5c4)cc4c3oc3c5ccccc5ccc43)ccc2c1. The molecule has 0 bridgehead atoms. The third-order valence-electron chi connectivity index (χ3n) is 7.66. The molecule has 0 spiro atoms. The van der Waals surface area contributed by atoms with E-state index in [9.17, 15) is 0 Å². The van der Waals surface area contributed by atoms with Crippen molar-refractivity contribution in [2.75, 3.05) is 0 Å². The fraction of sp³-hybridized carbons (Fsp3) is 0. The number of fused-ring (bicyclic) bond motifs is 7. The van der Waals surface area contributed by atoms with Gasteiger partial charge in [-0.2, -0.15) is 0 Å². The maximum Gasteiger partial charge on any atom is 0.143 e. The molecule has 0 aliphatic heterocycles. The van der Waals surface area contributed by atoms with Gasteiger partial charge in [-0.05, 0) is 86.1 Å². The lowest BCUT2D eigenvalue weighted by Gasteiger charge is -2.10. The van der Waals surface area contributed by atoms with Crippen LogP contribution < -0.4 is 0 Å². The van der Waals surface area contributed by atoms with E-state index in [0.29, 0.717) is 0 Å². The highest BCUT2D eigenvalue weighted by molar-refractivity contribution is 9.10. The average Bonchev–Trinajstić information content (AvgIpc) is 3.35. The molecule has 0 fully saturated rings. The second-order valence-electron chi connectivity index (χ2n) is 9.93. The third kappa shape index (κ3) is 3.38. The van der Waals surface area contributed by atoms with Crippen LogP contribution in [0.15, 0.2) is 136 Å². The van der Waals surface area contributed by atoms with Crippen LogP contribution in [0.3, 0.4) is 0 Å². The Morgan fingerprint density at radius 2 is 1.05 bits per heavy atom. The molecule has 0 radical (unpaired) electrons. The smallest absolute Gasteiger partial charge is 0.143 e. The molecule has 0 amide bonds. The first-order valence-corrected chi connectivity index (χ1v) is 13.6. The number of halogens is 1. The molecule has 8 aromatic rings. The molecule has 38 heavy (non-hydrogen) atoms. The second kappa shape index (κ2) is 8.31. The highest BCUT2D eigenvalue weighted by Crippen LogP contribution is 2.42. The van der Waals surface area contributed by atoms with Crippen LogP contribution in [0, 0.1) is 0 Å². The number of hydrogen-bond acceptors (Lipinski definition) is 1. The van der Waals surface area contributed by atoms with E-state index in [2.05, 4.69) is 143 Å². The van der Waals surface area contributed by atoms with E-state index in [1.807, 2.05) is 0 Å². The second-order valence-corrected chi connectivity index (χ2v) is 10.8. The van der Waals surface area contributed by atoms with Gasteiger partial charge >= 0.3 is 0 Å². The lowest BCUT2D eigenvalue weighted by atomic mass is 9.93. The van der Waals surface area contributed by atoms with E-state index in [-0.39, 0.29) is 0 Å². The number of hydrogen-bond donors (Lipinski definition) is 0. The van der Waals surface area contributed by atoms with Crippen LogP contribution in [0.25, 0.3) is 76.5 Å². The average molecular weight is 549 g/mol. The summed E-state index contributed by atoms with van der Waals surface area (Å²) in [6.45, 7) is 0. The van der Waals surface area contributed by atoms with Crippen LogP contribution in [-0.4, -0.2) is 0 Å². The zero-order chi connectivity index (χ0) is 25.2. The minimum absolute atomic E-state index is 0.928. The van der Waals surface area contributed by atoms with Gasteiger partial charge in [0, 0.05) is 26.2 Å². The summed E-state index contributed by atoms with van der Waals surface area (Å²) in [5, 5.41) is 9.52. The molecule has 1 nitrogen and oxygen atoms in total. The molecule has 0 atom stereocenters. The molecule has 0 unspecified atom stereocenters. The Morgan fingerprint density at radius 1 is 0.395 bits per heavy atom. The molecule has 7 aromatic carbocycles. The van der Waals surface area contributed by atoms with Crippen molar-refractivity contribution in [3.8, 4) is 22.3 Å². The van der Waals surface area contributed by atoms with E-state index < -0.39 is 0 Å². The van der Waals surface area contributed by atoms with Crippen molar-refractivity contribution in [3.63, 3.8) is 0 Å². The molecule has 0 saturated heterocycles. The molecule has 2 heteroatoms. The van der Waals surface area contributed by atoms with E-state index in [4.69, 9.17) is 4.42 Å². The zero-order valence-corrected chi connectivity index (χ0v) is 22.0. The van der Waals surface area contributed by atoms with Crippen molar-refractivity contribution < 1.29 is 4.42 Å². The van der Waals surface area contributed by atoms with Crippen molar-refractivity contribution in [1.82, 2.24) is 0 Å².